The van der Waals surface area contributed by atoms with Crippen molar-refractivity contribution in [1.82, 2.24) is 4.90 Å². The van der Waals surface area contributed by atoms with Crippen LogP contribution in [-0.4, -0.2) is 17.5 Å². The highest BCUT2D eigenvalue weighted by Crippen LogP contribution is 2.36. The van der Waals surface area contributed by atoms with Gasteiger partial charge in [0.25, 0.3) is 0 Å². The third kappa shape index (κ3) is 4.26. The number of nitrogens with one attached hydrogen (secondary N) is 1. The number of alkyl halides is 3. The number of urea groups is 1. The summed E-state index contributed by atoms with van der Waals surface area (Å²) < 4.78 is 52.7. The first-order chi connectivity index (χ1) is 14.7. The Morgan fingerprint density at radius 1 is 1.03 bits per heavy atom. The van der Waals surface area contributed by atoms with Gasteiger partial charge in [-0.2, -0.15) is 13.2 Å². The highest BCUT2D eigenvalue weighted by molar-refractivity contribution is 5.90. The molecular weight excluding hydrogens is 408 g/mol. The molecule has 0 radical (unpaired) electrons. The predicted molar refractivity (Wildman–Crippen MR) is 110 cm³/mol. The number of halogens is 4. The van der Waals surface area contributed by atoms with Crippen molar-refractivity contribution in [2.75, 3.05) is 11.9 Å². The van der Waals surface area contributed by atoms with E-state index in [1.165, 1.54) is 0 Å². The maximum Gasteiger partial charge on any atom is 0.419 e. The van der Waals surface area contributed by atoms with Crippen LogP contribution in [0.1, 0.15) is 33.9 Å². The number of carbonyl (C=O) groups is 1. The predicted octanol–water partition coefficient (Wildman–Crippen LogP) is 6.33. The Labute approximate surface area is 177 Å². The molecule has 0 saturated carbocycles. The summed E-state index contributed by atoms with van der Waals surface area (Å²) in [5.74, 6) is -1.38. The highest BCUT2D eigenvalue weighted by Gasteiger charge is 2.35. The lowest BCUT2D eigenvalue weighted by Crippen LogP contribution is -2.43. The molecule has 0 aliphatic carbocycles. The van der Waals surface area contributed by atoms with Crippen LogP contribution < -0.4 is 5.32 Å². The summed E-state index contributed by atoms with van der Waals surface area (Å²) in [4.78, 5) is 14.7. The topological polar surface area (TPSA) is 32.3 Å². The van der Waals surface area contributed by atoms with Gasteiger partial charge in [0, 0.05) is 12.2 Å². The molecule has 3 aromatic rings. The van der Waals surface area contributed by atoms with Gasteiger partial charge in [0.1, 0.15) is 5.82 Å². The minimum Gasteiger partial charge on any atom is -0.313 e. The summed E-state index contributed by atoms with van der Waals surface area (Å²) in [7, 11) is 0. The third-order valence-electron chi connectivity index (χ3n) is 5.46. The molecule has 0 bridgehead atoms. The maximum absolute atomic E-state index is 13.6. The second kappa shape index (κ2) is 8.06. The van der Waals surface area contributed by atoms with Crippen LogP contribution >= 0.6 is 0 Å². The Kier molecular flexibility index (Phi) is 5.43. The molecule has 0 aromatic heterocycles. The van der Waals surface area contributed by atoms with Crippen molar-refractivity contribution >= 4 is 11.7 Å². The second-order valence-electron chi connectivity index (χ2n) is 7.58. The van der Waals surface area contributed by atoms with E-state index in [0.29, 0.717) is 25.1 Å². The molecule has 3 aromatic carbocycles. The molecule has 2 amide bonds. The van der Waals surface area contributed by atoms with E-state index in [4.69, 9.17) is 0 Å². The van der Waals surface area contributed by atoms with Crippen LogP contribution in [0.4, 0.5) is 28.0 Å². The van der Waals surface area contributed by atoms with Crippen molar-refractivity contribution in [3.8, 4) is 0 Å². The normalized spacial score (nSPS) is 16.0. The maximum atomic E-state index is 13.6. The zero-order chi connectivity index (χ0) is 22.2. The van der Waals surface area contributed by atoms with Crippen molar-refractivity contribution in [2.24, 2.45) is 0 Å². The van der Waals surface area contributed by atoms with Crippen LogP contribution in [0.15, 0.2) is 66.7 Å². The zero-order valence-corrected chi connectivity index (χ0v) is 16.7. The number of amides is 2. The standard InChI is InChI=1S/C24H20F4N2O/c1-15-6-8-17(9-7-15)22-19-5-3-2-4-16(19)12-13-30(22)23(31)29-18-10-11-21(25)20(14-18)24(26,27)28/h2-11,14,22H,12-13H2,1H3,(H,29,31)/t22-/m1/s1. The van der Waals surface area contributed by atoms with Crippen LogP contribution in [0.3, 0.4) is 0 Å². The first-order valence-corrected chi connectivity index (χ1v) is 9.83. The summed E-state index contributed by atoms with van der Waals surface area (Å²) >= 11 is 0. The molecule has 0 saturated heterocycles. The van der Waals surface area contributed by atoms with Gasteiger partial charge in [0.15, 0.2) is 0 Å². The van der Waals surface area contributed by atoms with Gasteiger partial charge in [-0.05, 0) is 48.2 Å². The third-order valence-corrected chi connectivity index (χ3v) is 5.46. The lowest BCUT2D eigenvalue weighted by molar-refractivity contribution is -0.139. The van der Waals surface area contributed by atoms with Gasteiger partial charge in [0.2, 0.25) is 0 Å². The fourth-order valence-electron chi connectivity index (χ4n) is 3.91. The minimum atomic E-state index is -4.85. The van der Waals surface area contributed by atoms with Crippen LogP contribution in [-0.2, 0) is 12.6 Å². The summed E-state index contributed by atoms with van der Waals surface area (Å²) in [6.45, 7) is 2.37. The van der Waals surface area contributed by atoms with Crippen molar-refractivity contribution in [3.63, 3.8) is 0 Å². The first-order valence-electron chi connectivity index (χ1n) is 9.83. The molecule has 1 atom stereocenters. The van der Waals surface area contributed by atoms with E-state index in [1.807, 2.05) is 55.5 Å². The van der Waals surface area contributed by atoms with Crippen molar-refractivity contribution in [3.05, 3.63) is 100 Å². The monoisotopic (exact) mass is 428 g/mol. The average molecular weight is 428 g/mol. The second-order valence-corrected chi connectivity index (χ2v) is 7.58. The molecule has 1 aliphatic rings. The lowest BCUT2D eigenvalue weighted by atomic mass is 9.88. The molecule has 160 valence electrons. The van der Waals surface area contributed by atoms with Crippen LogP contribution in [0.25, 0.3) is 0 Å². The Hall–Kier alpha value is -3.35. The summed E-state index contributed by atoms with van der Waals surface area (Å²) in [6.07, 6.45) is -4.22. The number of nitrogens with zero attached hydrogens (tertiary/aromatic N) is 1. The molecule has 7 heteroatoms. The lowest BCUT2D eigenvalue weighted by Gasteiger charge is -2.37. The molecule has 0 unspecified atom stereocenters. The smallest absolute Gasteiger partial charge is 0.313 e. The summed E-state index contributed by atoms with van der Waals surface area (Å²) in [5, 5.41) is 2.51. The van der Waals surface area contributed by atoms with Gasteiger partial charge in [-0.25, -0.2) is 9.18 Å². The van der Waals surface area contributed by atoms with Gasteiger partial charge in [0.05, 0.1) is 11.6 Å². The van der Waals surface area contributed by atoms with Crippen LogP contribution in [0.5, 0.6) is 0 Å². The fourth-order valence-corrected chi connectivity index (χ4v) is 3.91. The Bertz CT molecular complexity index is 1110. The Morgan fingerprint density at radius 3 is 2.45 bits per heavy atom. The molecule has 1 N–H and O–H groups in total. The van der Waals surface area contributed by atoms with E-state index in [1.54, 1.807) is 4.90 Å². The van der Waals surface area contributed by atoms with Gasteiger partial charge in [-0.1, -0.05) is 54.1 Å². The van der Waals surface area contributed by atoms with E-state index >= 15 is 0 Å². The number of aryl methyl sites for hydroxylation is 1. The number of hydrogen-bond acceptors (Lipinski definition) is 1. The molecule has 31 heavy (non-hydrogen) atoms. The molecule has 3 nitrogen and oxygen atoms in total. The van der Waals surface area contributed by atoms with Gasteiger partial charge in [-0.3, -0.25) is 0 Å². The minimum absolute atomic E-state index is 0.111. The van der Waals surface area contributed by atoms with E-state index in [0.717, 1.165) is 28.3 Å². The molecule has 0 spiro atoms. The number of fused-ring (bicyclic) bond motifs is 1. The number of carbonyl (C=O) groups excluding carboxylic acids is 1. The molecule has 1 heterocycles. The van der Waals surface area contributed by atoms with E-state index < -0.39 is 23.6 Å². The van der Waals surface area contributed by atoms with Crippen LogP contribution in [0.2, 0.25) is 0 Å². The van der Waals surface area contributed by atoms with E-state index in [2.05, 4.69) is 5.32 Å². The summed E-state index contributed by atoms with van der Waals surface area (Å²) in [5.41, 5.74) is 2.56. The largest absolute Gasteiger partial charge is 0.419 e. The SMILES string of the molecule is Cc1ccc([C@@H]2c3ccccc3CCN2C(=O)Nc2ccc(F)c(C(F)(F)F)c2)cc1. The van der Waals surface area contributed by atoms with Crippen molar-refractivity contribution < 1.29 is 22.4 Å². The van der Waals surface area contributed by atoms with Crippen LogP contribution in [0, 0.1) is 12.7 Å². The summed E-state index contributed by atoms with van der Waals surface area (Å²) in [6, 6.07) is 17.2. The fraction of sp³-hybridized carbons (Fsp3) is 0.208. The van der Waals surface area contributed by atoms with Crippen molar-refractivity contribution in [2.45, 2.75) is 25.6 Å². The first kappa shape index (κ1) is 20.9. The number of hydrogen-bond donors (Lipinski definition) is 1. The van der Waals surface area contributed by atoms with E-state index in [-0.39, 0.29) is 11.7 Å². The zero-order valence-electron chi connectivity index (χ0n) is 16.7. The Balaban J connectivity index is 1.68. The average Bonchev–Trinajstić information content (AvgIpc) is 2.74. The molecule has 1 aliphatic heterocycles. The van der Waals surface area contributed by atoms with Gasteiger partial charge >= 0.3 is 12.2 Å². The Morgan fingerprint density at radius 2 is 1.74 bits per heavy atom. The highest BCUT2D eigenvalue weighted by atomic mass is 19.4. The van der Waals surface area contributed by atoms with E-state index in [9.17, 15) is 22.4 Å². The van der Waals surface area contributed by atoms with Crippen molar-refractivity contribution in [1.29, 1.82) is 0 Å². The quantitative estimate of drug-likeness (QED) is 0.475. The molecule has 0 fully saturated rings. The van der Waals surface area contributed by atoms with Gasteiger partial charge < -0.3 is 10.2 Å². The number of benzene rings is 3. The van der Waals surface area contributed by atoms with Gasteiger partial charge in [-0.15, -0.1) is 0 Å². The number of anilines is 1. The molecular formula is C24H20F4N2O. The number of rotatable bonds is 2. The molecule has 4 rings (SSSR count).